The molecule has 0 saturated carbocycles. The summed E-state index contributed by atoms with van der Waals surface area (Å²) in [5, 5.41) is 22.7. The predicted octanol–water partition coefficient (Wildman–Crippen LogP) is 4.47. The smallest absolute Gasteiger partial charge is 0.267 e. The van der Waals surface area contributed by atoms with E-state index in [1.807, 2.05) is 24.3 Å². The summed E-state index contributed by atoms with van der Waals surface area (Å²) in [4.78, 5) is 17.8. The van der Waals surface area contributed by atoms with E-state index in [2.05, 4.69) is 26.2 Å². The number of halogens is 1. The molecule has 0 bridgehead atoms. The molecule has 0 radical (unpaired) electrons. The van der Waals surface area contributed by atoms with Crippen molar-refractivity contribution in [1.29, 1.82) is 5.26 Å². The number of aromatic nitrogens is 2. The summed E-state index contributed by atoms with van der Waals surface area (Å²) in [6.07, 6.45) is 0. The first kappa shape index (κ1) is 17.8. The lowest BCUT2D eigenvalue weighted by molar-refractivity contribution is 0.477. The molecule has 28 heavy (non-hydrogen) atoms. The van der Waals surface area contributed by atoms with Crippen LogP contribution in [0.5, 0.6) is 5.75 Å². The molecule has 1 aromatic heterocycles. The van der Waals surface area contributed by atoms with Crippen molar-refractivity contribution in [1.82, 2.24) is 9.55 Å². The highest BCUT2D eigenvalue weighted by Gasteiger charge is 2.16. The molecule has 0 atom stereocenters. The molecule has 0 fully saturated rings. The van der Waals surface area contributed by atoms with Crippen LogP contribution in [-0.4, -0.2) is 14.7 Å². The summed E-state index contributed by atoms with van der Waals surface area (Å²) in [6.45, 7) is 0. The number of phenols is 1. The molecule has 0 aliphatic rings. The first-order chi connectivity index (χ1) is 13.6. The van der Waals surface area contributed by atoms with E-state index in [-0.39, 0.29) is 17.3 Å². The first-order valence-electron chi connectivity index (χ1n) is 8.35. The number of hydrogen-bond acceptors (Lipinski definition) is 5. The van der Waals surface area contributed by atoms with Crippen LogP contribution in [0.3, 0.4) is 0 Å². The van der Waals surface area contributed by atoms with E-state index in [0.29, 0.717) is 27.8 Å². The molecular weight excluding hydrogens is 420 g/mol. The van der Waals surface area contributed by atoms with Gasteiger partial charge in [-0.1, -0.05) is 24.3 Å². The minimum absolute atomic E-state index is 0.111. The fraction of sp³-hybridized carbons (Fsp3) is 0. The number of fused-ring (bicyclic) bond motifs is 1. The van der Waals surface area contributed by atoms with Crippen LogP contribution in [0.25, 0.3) is 16.6 Å². The fourth-order valence-electron chi connectivity index (χ4n) is 2.90. The molecule has 0 aliphatic heterocycles. The Morgan fingerprint density at radius 3 is 2.57 bits per heavy atom. The number of anilines is 2. The Bertz CT molecular complexity index is 1310. The van der Waals surface area contributed by atoms with Crippen LogP contribution in [-0.2, 0) is 0 Å². The van der Waals surface area contributed by atoms with Crippen LogP contribution in [0.15, 0.2) is 76.0 Å². The summed E-state index contributed by atoms with van der Waals surface area (Å²) in [5.74, 6) is 0.135. The van der Waals surface area contributed by atoms with Crippen LogP contribution in [0.4, 0.5) is 11.6 Å². The molecule has 136 valence electrons. The molecule has 3 aromatic carbocycles. The molecule has 0 spiro atoms. The molecule has 0 saturated heterocycles. The van der Waals surface area contributed by atoms with Gasteiger partial charge in [-0.15, -0.1) is 0 Å². The van der Waals surface area contributed by atoms with Gasteiger partial charge in [0, 0.05) is 4.47 Å². The number of aromatic hydroxyl groups is 1. The third-order valence-corrected chi connectivity index (χ3v) is 4.91. The highest BCUT2D eigenvalue weighted by atomic mass is 79.9. The SMILES string of the molecule is N#Cc1ccc(Nc2nc3ccccc3c(=O)n2-c2ccccc2Br)c(O)c1. The van der Waals surface area contributed by atoms with Crippen LogP contribution in [0, 0.1) is 11.3 Å². The van der Waals surface area contributed by atoms with E-state index in [1.54, 1.807) is 42.5 Å². The third kappa shape index (κ3) is 3.10. The van der Waals surface area contributed by atoms with Gasteiger partial charge < -0.3 is 10.4 Å². The van der Waals surface area contributed by atoms with E-state index >= 15 is 0 Å². The van der Waals surface area contributed by atoms with Crippen molar-refractivity contribution >= 4 is 38.5 Å². The third-order valence-electron chi connectivity index (χ3n) is 4.24. The Hall–Kier alpha value is -3.63. The number of benzene rings is 3. The zero-order chi connectivity index (χ0) is 19.7. The average molecular weight is 433 g/mol. The summed E-state index contributed by atoms with van der Waals surface area (Å²) >= 11 is 3.48. The number of rotatable bonds is 3. The van der Waals surface area contributed by atoms with Gasteiger partial charge >= 0.3 is 0 Å². The van der Waals surface area contributed by atoms with Gasteiger partial charge in [0.15, 0.2) is 0 Å². The lowest BCUT2D eigenvalue weighted by atomic mass is 10.2. The zero-order valence-electron chi connectivity index (χ0n) is 14.4. The molecule has 1 heterocycles. The van der Waals surface area contributed by atoms with Crippen LogP contribution < -0.4 is 10.9 Å². The maximum atomic E-state index is 13.2. The first-order valence-corrected chi connectivity index (χ1v) is 9.14. The topological polar surface area (TPSA) is 90.9 Å². The number of nitriles is 1. The highest BCUT2D eigenvalue weighted by Crippen LogP contribution is 2.29. The number of para-hydroxylation sites is 2. The molecule has 4 aromatic rings. The second-order valence-electron chi connectivity index (χ2n) is 6.01. The van der Waals surface area contributed by atoms with Gasteiger partial charge in [0.25, 0.3) is 5.56 Å². The van der Waals surface area contributed by atoms with E-state index in [1.165, 1.54) is 10.6 Å². The van der Waals surface area contributed by atoms with E-state index in [9.17, 15) is 9.90 Å². The molecule has 2 N–H and O–H groups in total. The van der Waals surface area contributed by atoms with Crippen molar-refractivity contribution < 1.29 is 5.11 Å². The molecule has 0 amide bonds. The maximum absolute atomic E-state index is 13.2. The second-order valence-corrected chi connectivity index (χ2v) is 6.87. The Morgan fingerprint density at radius 2 is 1.82 bits per heavy atom. The minimum atomic E-state index is -0.242. The summed E-state index contributed by atoms with van der Waals surface area (Å²) in [7, 11) is 0. The number of nitrogens with one attached hydrogen (secondary N) is 1. The van der Waals surface area contributed by atoms with Gasteiger partial charge in [0.05, 0.1) is 33.9 Å². The van der Waals surface area contributed by atoms with Crippen LogP contribution >= 0.6 is 15.9 Å². The van der Waals surface area contributed by atoms with Crippen LogP contribution in [0.2, 0.25) is 0 Å². The molecule has 0 aliphatic carbocycles. The van der Waals surface area contributed by atoms with E-state index < -0.39 is 0 Å². The average Bonchev–Trinajstić information content (AvgIpc) is 2.71. The fourth-order valence-corrected chi connectivity index (χ4v) is 3.36. The highest BCUT2D eigenvalue weighted by molar-refractivity contribution is 9.10. The van der Waals surface area contributed by atoms with Crippen molar-refractivity contribution in [3.8, 4) is 17.5 Å². The lowest BCUT2D eigenvalue weighted by Gasteiger charge is -2.16. The zero-order valence-corrected chi connectivity index (χ0v) is 16.0. The normalized spacial score (nSPS) is 10.6. The Morgan fingerprint density at radius 1 is 1.07 bits per heavy atom. The maximum Gasteiger partial charge on any atom is 0.267 e. The summed E-state index contributed by atoms with van der Waals surface area (Å²) in [5.41, 5.74) is 1.57. The Kier molecular flexibility index (Phi) is 4.55. The number of nitrogens with zero attached hydrogens (tertiary/aromatic N) is 3. The second kappa shape index (κ2) is 7.18. The largest absolute Gasteiger partial charge is 0.506 e. The Labute approximate surface area is 168 Å². The van der Waals surface area contributed by atoms with E-state index in [4.69, 9.17) is 5.26 Å². The summed E-state index contributed by atoms with van der Waals surface area (Å²) in [6, 6.07) is 20.8. The molecule has 0 unspecified atom stereocenters. The molecule has 7 heteroatoms. The monoisotopic (exact) mass is 432 g/mol. The molecule has 4 rings (SSSR count). The van der Waals surface area contributed by atoms with Crippen molar-refractivity contribution in [2.24, 2.45) is 0 Å². The van der Waals surface area contributed by atoms with E-state index in [0.717, 1.165) is 4.47 Å². The van der Waals surface area contributed by atoms with Gasteiger partial charge in [0.2, 0.25) is 5.95 Å². The van der Waals surface area contributed by atoms with Gasteiger partial charge in [-0.3, -0.25) is 4.79 Å². The van der Waals surface area contributed by atoms with Crippen molar-refractivity contribution in [2.75, 3.05) is 5.32 Å². The van der Waals surface area contributed by atoms with Crippen LogP contribution in [0.1, 0.15) is 5.56 Å². The lowest BCUT2D eigenvalue weighted by Crippen LogP contribution is -2.23. The van der Waals surface area contributed by atoms with Crippen molar-refractivity contribution in [2.45, 2.75) is 0 Å². The molecular formula is C21H13BrN4O2. The minimum Gasteiger partial charge on any atom is -0.506 e. The van der Waals surface area contributed by atoms with Gasteiger partial charge in [-0.05, 0) is 58.4 Å². The number of hydrogen-bond donors (Lipinski definition) is 2. The molecule has 6 nitrogen and oxygen atoms in total. The van der Waals surface area contributed by atoms with Crippen molar-refractivity contribution in [3.63, 3.8) is 0 Å². The van der Waals surface area contributed by atoms with Crippen molar-refractivity contribution in [3.05, 3.63) is 87.1 Å². The standard InChI is InChI=1S/C21H13BrN4O2/c22-15-6-2-4-8-18(15)26-20(28)14-5-1-3-7-16(14)24-21(26)25-17-10-9-13(12-23)11-19(17)27/h1-11,27H,(H,24,25). The summed E-state index contributed by atoms with van der Waals surface area (Å²) < 4.78 is 2.17. The van der Waals surface area contributed by atoms with Gasteiger partial charge in [-0.2, -0.15) is 5.26 Å². The quantitative estimate of drug-likeness (QED) is 0.466. The van der Waals surface area contributed by atoms with Gasteiger partial charge in [-0.25, -0.2) is 9.55 Å². The Balaban J connectivity index is 1.97. The van der Waals surface area contributed by atoms with Gasteiger partial charge in [0.1, 0.15) is 5.75 Å². The predicted molar refractivity (Wildman–Crippen MR) is 111 cm³/mol. The number of phenolic OH excluding ortho intramolecular Hbond substituents is 1.